The minimum absolute atomic E-state index is 0.0916. The number of nitrogen functional groups attached to an aromatic ring is 1. The summed E-state index contributed by atoms with van der Waals surface area (Å²) in [6.07, 6.45) is -5.17. The number of rotatable bonds is 9. The van der Waals surface area contributed by atoms with Crippen molar-refractivity contribution in [2.75, 3.05) is 25.1 Å². The Bertz CT molecular complexity index is 1100. The molecule has 5 N–H and O–H groups in total. The summed E-state index contributed by atoms with van der Waals surface area (Å²) in [4.78, 5) is 24.5. The van der Waals surface area contributed by atoms with Crippen LogP contribution in [-0.2, 0) is 20.5 Å². The molecule has 1 atom stereocenters. The van der Waals surface area contributed by atoms with Crippen LogP contribution in [0.3, 0.4) is 0 Å². The maximum atomic E-state index is 13.7. The topological polar surface area (TPSA) is 127 Å². The maximum absolute atomic E-state index is 13.7. The predicted octanol–water partition coefficient (Wildman–Crippen LogP) is 3.61. The molecule has 0 bridgehead atoms. The van der Waals surface area contributed by atoms with Gasteiger partial charge in [-0.25, -0.2) is 0 Å². The molecular formula is C24H27F3N4O4. The van der Waals surface area contributed by atoms with Crippen LogP contribution in [0, 0.1) is 10.8 Å². The second-order valence-corrected chi connectivity index (χ2v) is 8.85. The van der Waals surface area contributed by atoms with Crippen LogP contribution in [0.15, 0.2) is 42.5 Å². The molecule has 1 saturated heterocycles. The molecule has 0 aromatic heterocycles. The Kier molecular flexibility index (Phi) is 7.69. The number of anilines is 1. The molecule has 0 aliphatic carbocycles. The number of nitrogens with one attached hydrogen (secondary N) is 3. The van der Waals surface area contributed by atoms with Gasteiger partial charge in [-0.2, -0.15) is 13.2 Å². The van der Waals surface area contributed by atoms with Crippen LogP contribution < -0.4 is 21.1 Å². The monoisotopic (exact) mass is 492 g/mol. The zero-order chi connectivity index (χ0) is 25.8. The van der Waals surface area contributed by atoms with Gasteiger partial charge in [0.1, 0.15) is 18.0 Å². The van der Waals surface area contributed by atoms with E-state index in [4.69, 9.17) is 20.6 Å². The van der Waals surface area contributed by atoms with E-state index in [1.54, 1.807) is 12.1 Å². The van der Waals surface area contributed by atoms with Crippen molar-refractivity contribution < 1.29 is 32.2 Å². The summed E-state index contributed by atoms with van der Waals surface area (Å²) in [5, 5.41) is 12.4. The quantitative estimate of drug-likeness (QED) is 0.242. The fourth-order valence-electron chi connectivity index (χ4n) is 3.41. The average molecular weight is 492 g/mol. The van der Waals surface area contributed by atoms with Gasteiger partial charge in [0.2, 0.25) is 11.8 Å². The lowest BCUT2D eigenvalue weighted by Gasteiger charge is -2.37. The number of halogens is 3. The molecule has 1 unspecified atom stereocenters. The third-order valence-electron chi connectivity index (χ3n) is 5.46. The number of benzene rings is 2. The van der Waals surface area contributed by atoms with Crippen LogP contribution in [0.2, 0.25) is 0 Å². The highest BCUT2D eigenvalue weighted by atomic mass is 19.4. The minimum Gasteiger partial charge on any atom is -0.492 e. The molecule has 2 aromatic carbocycles. The van der Waals surface area contributed by atoms with Crippen molar-refractivity contribution in [1.29, 1.82) is 5.41 Å². The van der Waals surface area contributed by atoms with Crippen LogP contribution in [0.1, 0.15) is 43.0 Å². The van der Waals surface area contributed by atoms with E-state index < -0.39 is 36.0 Å². The van der Waals surface area contributed by atoms with E-state index in [-0.39, 0.29) is 29.2 Å². The SMILES string of the molecule is CC(NC(=O)CC(=O)Nc1ccc(C(=N)N)cc1)c1ccc(OCC2(C)COC2)c(C(F)(F)F)c1. The first kappa shape index (κ1) is 26.0. The second-order valence-electron chi connectivity index (χ2n) is 8.85. The third-order valence-corrected chi connectivity index (χ3v) is 5.46. The maximum Gasteiger partial charge on any atom is 0.419 e. The van der Waals surface area contributed by atoms with Gasteiger partial charge in [-0.3, -0.25) is 15.0 Å². The smallest absolute Gasteiger partial charge is 0.419 e. The first-order valence-electron chi connectivity index (χ1n) is 10.8. The molecule has 1 heterocycles. The number of nitrogens with two attached hydrogens (primary N) is 1. The number of carbonyl (C=O) groups is 2. The molecule has 2 aromatic rings. The van der Waals surface area contributed by atoms with E-state index >= 15 is 0 Å². The standard InChI is InChI=1S/C24H27F3N4O4/c1-14(30-20(32)10-21(33)31-17-6-3-15(4-7-17)22(28)29)16-5-8-19(18(9-16)24(25,26)27)35-13-23(2)11-34-12-23/h3-9,14H,10-13H2,1-2H3,(H3,28,29)(H,30,32)(H,31,33). The first-order valence-corrected chi connectivity index (χ1v) is 10.8. The number of alkyl halides is 3. The molecule has 0 spiro atoms. The van der Waals surface area contributed by atoms with Gasteiger partial charge < -0.3 is 25.8 Å². The van der Waals surface area contributed by atoms with Gasteiger partial charge in [0.05, 0.1) is 31.4 Å². The number of hydrogen-bond acceptors (Lipinski definition) is 5. The van der Waals surface area contributed by atoms with Crippen molar-refractivity contribution in [3.05, 3.63) is 59.2 Å². The number of ether oxygens (including phenoxy) is 2. The summed E-state index contributed by atoms with van der Waals surface area (Å²) in [7, 11) is 0. The lowest BCUT2D eigenvalue weighted by atomic mass is 9.90. The van der Waals surface area contributed by atoms with Gasteiger partial charge in [0.25, 0.3) is 0 Å². The summed E-state index contributed by atoms with van der Waals surface area (Å²) >= 11 is 0. The lowest BCUT2D eigenvalue weighted by molar-refractivity contribution is -0.142. The number of amides is 2. The molecule has 8 nitrogen and oxygen atoms in total. The Morgan fingerprint density at radius 2 is 1.83 bits per heavy atom. The largest absolute Gasteiger partial charge is 0.492 e. The van der Waals surface area contributed by atoms with Gasteiger partial charge in [-0.05, 0) is 48.9 Å². The second kappa shape index (κ2) is 10.3. The first-order chi connectivity index (χ1) is 16.4. The Labute approximate surface area is 200 Å². The Morgan fingerprint density at radius 3 is 2.37 bits per heavy atom. The summed E-state index contributed by atoms with van der Waals surface area (Å²) in [5.74, 6) is -1.66. The summed E-state index contributed by atoms with van der Waals surface area (Å²) in [6.45, 7) is 4.33. The number of carbonyl (C=O) groups excluding carboxylic acids is 2. The Balaban J connectivity index is 1.60. The molecule has 3 rings (SSSR count). The Hall–Kier alpha value is -3.60. The van der Waals surface area contributed by atoms with Crippen LogP contribution >= 0.6 is 0 Å². The zero-order valence-corrected chi connectivity index (χ0v) is 19.3. The van der Waals surface area contributed by atoms with E-state index in [9.17, 15) is 22.8 Å². The van der Waals surface area contributed by atoms with Crippen molar-refractivity contribution in [2.24, 2.45) is 11.1 Å². The molecule has 1 aliphatic heterocycles. The lowest BCUT2D eigenvalue weighted by Crippen LogP contribution is -2.44. The highest BCUT2D eigenvalue weighted by Gasteiger charge is 2.38. The van der Waals surface area contributed by atoms with Crippen LogP contribution in [0.25, 0.3) is 0 Å². The van der Waals surface area contributed by atoms with Crippen molar-refractivity contribution in [3.8, 4) is 5.75 Å². The predicted molar refractivity (Wildman–Crippen MR) is 123 cm³/mol. The number of amidine groups is 1. The zero-order valence-electron chi connectivity index (χ0n) is 19.3. The molecule has 188 valence electrons. The molecule has 0 saturated carbocycles. The van der Waals surface area contributed by atoms with Gasteiger partial charge >= 0.3 is 6.18 Å². The van der Waals surface area contributed by atoms with E-state index in [0.717, 1.165) is 6.07 Å². The summed E-state index contributed by atoms with van der Waals surface area (Å²) in [6, 6.07) is 9.02. The minimum atomic E-state index is -4.65. The summed E-state index contributed by atoms with van der Waals surface area (Å²) < 4.78 is 51.5. The highest BCUT2D eigenvalue weighted by molar-refractivity contribution is 6.04. The van der Waals surface area contributed by atoms with Gasteiger partial charge in [-0.1, -0.05) is 13.0 Å². The molecule has 2 amide bonds. The molecule has 1 fully saturated rings. The number of hydrogen-bond donors (Lipinski definition) is 4. The van der Waals surface area contributed by atoms with Crippen LogP contribution in [-0.4, -0.2) is 37.5 Å². The fraction of sp³-hybridized carbons (Fsp3) is 0.375. The highest BCUT2D eigenvalue weighted by Crippen LogP contribution is 2.39. The van der Waals surface area contributed by atoms with E-state index in [2.05, 4.69) is 10.6 Å². The molecule has 11 heteroatoms. The Morgan fingerprint density at radius 1 is 1.17 bits per heavy atom. The normalized spacial score (nSPS) is 15.5. The molecule has 0 radical (unpaired) electrons. The van der Waals surface area contributed by atoms with E-state index in [1.165, 1.54) is 31.2 Å². The molecule has 35 heavy (non-hydrogen) atoms. The van der Waals surface area contributed by atoms with Gasteiger partial charge in [0, 0.05) is 16.7 Å². The summed E-state index contributed by atoms with van der Waals surface area (Å²) in [5.41, 5.74) is 5.23. The van der Waals surface area contributed by atoms with Crippen LogP contribution in [0.4, 0.5) is 18.9 Å². The van der Waals surface area contributed by atoms with Gasteiger partial charge in [-0.15, -0.1) is 0 Å². The molecular weight excluding hydrogens is 465 g/mol. The fourth-order valence-corrected chi connectivity index (χ4v) is 3.41. The van der Waals surface area contributed by atoms with Crippen molar-refractivity contribution in [2.45, 2.75) is 32.5 Å². The van der Waals surface area contributed by atoms with E-state index in [1.807, 2.05) is 6.92 Å². The van der Waals surface area contributed by atoms with E-state index in [0.29, 0.717) is 24.5 Å². The van der Waals surface area contributed by atoms with Crippen molar-refractivity contribution in [3.63, 3.8) is 0 Å². The molecule has 1 aliphatic rings. The average Bonchev–Trinajstić information content (AvgIpc) is 2.75. The third kappa shape index (κ3) is 6.95. The van der Waals surface area contributed by atoms with Crippen molar-refractivity contribution in [1.82, 2.24) is 5.32 Å². The van der Waals surface area contributed by atoms with Gasteiger partial charge in [0.15, 0.2) is 0 Å². The van der Waals surface area contributed by atoms with Crippen LogP contribution in [0.5, 0.6) is 5.75 Å². The van der Waals surface area contributed by atoms with Crippen molar-refractivity contribution >= 4 is 23.3 Å².